The van der Waals surface area contributed by atoms with Crippen molar-refractivity contribution in [3.8, 4) is 23.0 Å². The lowest BCUT2D eigenvalue weighted by Gasteiger charge is -2.30. The fraction of sp³-hybridized carbons (Fsp3) is 0.480. The second-order valence-electron chi connectivity index (χ2n) is 8.12. The molecular formula is C25H31NO5. The third-order valence-corrected chi connectivity index (χ3v) is 5.99. The summed E-state index contributed by atoms with van der Waals surface area (Å²) in [5.74, 6) is 3.10. The van der Waals surface area contributed by atoms with Crippen LogP contribution in [0.1, 0.15) is 49.8 Å². The van der Waals surface area contributed by atoms with Crippen LogP contribution in [0.3, 0.4) is 0 Å². The highest BCUT2D eigenvalue weighted by Gasteiger charge is 2.36. The Kier molecular flexibility index (Phi) is 6.54. The lowest BCUT2D eigenvalue weighted by molar-refractivity contribution is -0.134. The number of nitrogens with zero attached hydrogens (tertiary/aromatic N) is 1. The molecule has 1 heterocycles. The average molecular weight is 426 g/mol. The topological polar surface area (TPSA) is 57.2 Å². The van der Waals surface area contributed by atoms with Gasteiger partial charge in [-0.25, -0.2) is 0 Å². The minimum Gasteiger partial charge on any atom is -0.493 e. The van der Waals surface area contributed by atoms with Crippen LogP contribution in [-0.4, -0.2) is 44.3 Å². The first-order valence-electron chi connectivity index (χ1n) is 11.0. The van der Waals surface area contributed by atoms with Gasteiger partial charge in [0.2, 0.25) is 5.91 Å². The number of hydrogen-bond donors (Lipinski definition) is 0. The highest BCUT2D eigenvalue weighted by molar-refractivity contribution is 5.78. The van der Waals surface area contributed by atoms with Crippen molar-refractivity contribution in [1.29, 1.82) is 0 Å². The molecule has 0 radical (unpaired) electrons. The quantitative estimate of drug-likeness (QED) is 0.621. The second-order valence-corrected chi connectivity index (χ2v) is 8.12. The fourth-order valence-electron chi connectivity index (χ4n) is 4.21. The molecule has 0 aromatic heterocycles. The first-order valence-corrected chi connectivity index (χ1v) is 11.0. The van der Waals surface area contributed by atoms with E-state index in [9.17, 15) is 4.79 Å². The lowest BCUT2D eigenvalue weighted by Crippen LogP contribution is -2.35. The van der Waals surface area contributed by atoms with Crippen molar-refractivity contribution in [2.75, 3.05) is 27.4 Å². The Morgan fingerprint density at radius 3 is 2.58 bits per heavy atom. The Hall–Kier alpha value is -2.89. The Bertz CT molecular complexity index is 924. The SMILES string of the molecule is COc1cccc(CCC(=O)N(C2CC2)[C@@H](C)c2ccc3c(c2)OCCCO3)c1OC. The van der Waals surface area contributed by atoms with Gasteiger partial charge in [-0.2, -0.15) is 0 Å². The van der Waals surface area contributed by atoms with Crippen LogP contribution in [0.25, 0.3) is 0 Å². The van der Waals surface area contributed by atoms with Gasteiger partial charge in [0.15, 0.2) is 23.0 Å². The monoisotopic (exact) mass is 425 g/mol. The summed E-state index contributed by atoms with van der Waals surface area (Å²) in [7, 11) is 3.25. The summed E-state index contributed by atoms with van der Waals surface area (Å²) < 4.78 is 22.5. The molecule has 1 atom stereocenters. The first-order chi connectivity index (χ1) is 15.1. The summed E-state index contributed by atoms with van der Waals surface area (Å²) in [5.41, 5.74) is 2.05. The van der Waals surface area contributed by atoms with Gasteiger partial charge >= 0.3 is 0 Å². The van der Waals surface area contributed by atoms with Gasteiger partial charge in [0, 0.05) is 18.9 Å². The van der Waals surface area contributed by atoms with E-state index in [1.807, 2.05) is 41.3 Å². The Labute approximate surface area is 184 Å². The van der Waals surface area contributed by atoms with Crippen LogP contribution >= 0.6 is 0 Å². The largest absolute Gasteiger partial charge is 0.493 e. The molecule has 6 nitrogen and oxygen atoms in total. The van der Waals surface area contributed by atoms with Crippen molar-refractivity contribution in [2.24, 2.45) is 0 Å². The van der Waals surface area contributed by atoms with E-state index in [1.54, 1.807) is 14.2 Å². The van der Waals surface area contributed by atoms with Crippen molar-refractivity contribution in [1.82, 2.24) is 4.90 Å². The highest BCUT2D eigenvalue weighted by Crippen LogP contribution is 2.39. The van der Waals surface area contributed by atoms with Crippen LogP contribution < -0.4 is 18.9 Å². The van der Waals surface area contributed by atoms with Crippen LogP contribution in [0.15, 0.2) is 36.4 Å². The van der Waals surface area contributed by atoms with E-state index in [0.29, 0.717) is 43.6 Å². The molecule has 4 rings (SSSR count). The van der Waals surface area contributed by atoms with E-state index in [4.69, 9.17) is 18.9 Å². The average Bonchev–Trinajstić information content (AvgIpc) is 3.64. The van der Waals surface area contributed by atoms with Crippen molar-refractivity contribution in [3.63, 3.8) is 0 Å². The van der Waals surface area contributed by atoms with E-state index in [2.05, 4.69) is 6.92 Å². The van der Waals surface area contributed by atoms with Gasteiger partial charge in [-0.1, -0.05) is 18.2 Å². The van der Waals surface area contributed by atoms with Crippen molar-refractivity contribution < 1.29 is 23.7 Å². The number of methoxy groups -OCH3 is 2. The molecule has 1 saturated carbocycles. The summed E-state index contributed by atoms with van der Waals surface area (Å²) in [6.45, 7) is 3.42. The maximum Gasteiger partial charge on any atom is 0.223 e. The molecular weight excluding hydrogens is 394 g/mol. The van der Waals surface area contributed by atoms with Gasteiger partial charge < -0.3 is 23.8 Å². The molecule has 1 aliphatic heterocycles. The zero-order chi connectivity index (χ0) is 21.8. The number of benzene rings is 2. The third kappa shape index (κ3) is 4.73. The molecule has 2 aromatic rings. The van der Waals surface area contributed by atoms with Gasteiger partial charge in [0.25, 0.3) is 0 Å². The van der Waals surface area contributed by atoms with E-state index >= 15 is 0 Å². The number of rotatable bonds is 8. The molecule has 0 N–H and O–H groups in total. The van der Waals surface area contributed by atoms with E-state index < -0.39 is 0 Å². The summed E-state index contributed by atoms with van der Waals surface area (Å²) in [6, 6.07) is 12.1. The number of fused-ring (bicyclic) bond motifs is 1. The second kappa shape index (κ2) is 9.50. The Balaban J connectivity index is 1.49. The minimum atomic E-state index is -0.0237. The molecule has 1 amide bonds. The maximum absolute atomic E-state index is 13.3. The molecule has 1 aliphatic carbocycles. The number of amides is 1. The third-order valence-electron chi connectivity index (χ3n) is 5.99. The van der Waals surface area contributed by atoms with Crippen LogP contribution in [0.4, 0.5) is 0 Å². The Morgan fingerprint density at radius 1 is 1.10 bits per heavy atom. The summed E-state index contributed by atoms with van der Waals surface area (Å²) in [4.78, 5) is 15.4. The molecule has 0 bridgehead atoms. The number of para-hydroxylation sites is 1. The van der Waals surface area contributed by atoms with Crippen molar-refractivity contribution in [2.45, 2.75) is 51.1 Å². The van der Waals surface area contributed by atoms with Crippen LogP contribution in [0.2, 0.25) is 0 Å². The number of hydrogen-bond acceptors (Lipinski definition) is 5. The zero-order valence-electron chi connectivity index (χ0n) is 18.6. The fourth-order valence-corrected chi connectivity index (χ4v) is 4.21. The zero-order valence-corrected chi connectivity index (χ0v) is 18.6. The maximum atomic E-state index is 13.3. The predicted molar refractivity (Wildman–Crippen MR) is 118 cm³/mol. The summed E-state index contributed by atoms with van der Waals surface area (Å²) >= 11 is 0. The molecule has 166 valence electrons. The van der Waals surface area contributed by atoms with E-state index in [-0.39, 0.29) is 11.9 Å². The van der Waals surface area contributed by atoms with Gasteiger partial charge in [-0.15, -0.1) is 0 Å². The summed E-state index contributed by atoms with van der Waals surface area (Å²) in [5, 5.41) is 0. The van der Waals surface area contributed by atoms with E-state index in [1.165, 1.54) is 0 Å². The number of carbonyl (C=O) groups excluding carboxylic acids is 1. The summed E-state index contributed by atoms with van der Waals surface area (Å²) in [6.07, 6.45) is 4.03. The number of ether oxygens (including phenoxy) is 4. The first kappa shape index (κ1) is 21.3. The minimum absolute atomic E-state index is 0.0237. The Morgan fingerprint density at radius 2 is 1.87 bits per heavy atom. The van der Waals surface area contributed by atoms with Gasteiger partial charge in [-0.05, 0) is 55.5 Å². The highest BCUT2D eigenvalue weighted by atomic mass is 16.5. The van der Waals surface area contributed by atoms with Crippen LogP contribution in [-0.2, 0) is 11.2 Å². The molecule has 1 fully saturated rings. The predicted octanol–water partition coefficient (Wildman–Crippen LogP) is 4.55. The molecule has 0 spiro atoms. The standard InChI is InChI=1S/C25H31NO5/c1-17(19-8-12-21-23(16-19)31-15-5-14-30-21)26(20-10-11-20)24(27)13-9-18-6-4-7-22(28-2)25(18)29-3/h4,6-8,12,16-17,20H,5,9-11,13-15H2,1-3H3/t17-/m0/s1. The number of aryl methyl sites for hydroxylation is 1. The molecule has 0 unspecified atom stereocenters. The molecule has 2 aromatic carbocycles. The van der Waals surface area contributed by atoms with Crippen molar-refractivity contribution >= 4 is 5.91 Å². The van der Waals surface area contributed by atoms with Crippen LogP contribution in [0, 0.1) is 0 Å². The molecule has 0 saturated heterocycles. The smallest absolute Gasteiger partial charge is 0.223 e. The van der Waals surface area contributed by atoms with E-state index in [0.717, 1.165) is 41.9 Å². The normalized spacial score (nSPS) is 16.2. The molecule has 6 heteroatoms. The van der Waals surface area contributed by atoms with Crippen LogP contribution in [0.5, 0.6) is 23.0 Å². The number of carbonyl (C=O) groups is 1. The molecule has 2 aliphatic rings. The van der Waals surface area contributed by atoms with Gasteiger partial charge in [0.05, 0.1) is 33.5 Å². The van der Waals surface area contributed by atoms with Crippen molar-refractivity contribution in [3.05, 3.63) is 47.5 Å². The van der Waals surface area contributed by atoms with Gasteiger partial charge in [-0.3, -0.25) is 4.79 Å². The lowest BCUT2D eigenvalue weighted by atomic mass is 10.0. The molecule has 31 heavy (non-hydrogen) atoms. The van der Waals surface area contributed by atoms with Gasteiger partial charge in [0.1, 0.15) is 0 Å².